The third-order valence-electron chi connectivity index (χ3n) is 5.50. The molecule has 3 aromatic rings. The first-order valence-corrected chi connectivity index (χ1v) is 8.81. The van der Waals surface area contributed by atoms with Crippen molar-refractivity contribution in [1.29, 1.82) is 0 Å². The maximum atomic E-state index is 12.6. The van der Waals surface area contributed by atoms with Crippen molar-refractivity contribution in [3.8, 4) is 0 Å². The van der Waals surface area contributed by atoms with Gasteiger partial charge in [-0.3, -0.25) is 14.9 Å². The standard InChI is InChI=1S/C19H19N5O2/c25-16-9-19(24-8-7-20-18(24)22-16)11-23(12-19)17(26)6-5-13-10-21-15-4-2-1-3-14(13)15/h1-4,7-8,10,21H,5-6,9,11-12H2,(H,20,22,25). The molecule has 1 fully saturated rings. The summed E-state index contributed by atoms with van der Waals surface area (Å²) >= 11 is 0. The number of anilines is 1. The van der Waals surface area contributed by atoms with Gasteiger partial charge in [-0.25, -0.2) is 4.98 Å². The highest BCUT2D eigenvalue weighted by Gasteiger charge is 2.50. The lowest BCUT2D eigenvalue weighted by atomic mass is 9.84. The minimum atomic E-state index is -0.329. The summed E-state index contributed by atoms with van der Waals surface area (Å²) in [6.07, 6.45) is 7.12. The number of carbonyl (C=O) groups excluding carboxylic acids is 2. The molecule has 7 heteroatoms. The number of H-pyrrole nitrogens is 1. The van der Waals surface area contributed by atoms with Crippen molar-refractivity contribution in [2.75, 3.05) is 18.4 Å². The molecule has 1 aromatic carbocycles. The van der Waals surface area contributed by atoms with E-state index in [0.717, 1.165) is 11.1 Å². The Hall–Kier alpha value is -3.09. The van der Waals surface area contributed by atoms with E-state index in [4.69, 9.17) is 0 Å². The fourth-order valence-corrected chi connectivity index (χ4v) is 4.17. The van der Waals surface area contributed by atoms with Crippen molar-refractivity contribution in [1.82, 2.24) is 19.4 Å². The SMILES string of the molecule is O=C1CC2(CN(C(=O)CCc3c[nH]c4ccccc34)C2)n2ccnc2N1. The molecule has 1 spiro atoms. The van der Waals surface area contributed by atoms with Crippen LogP contribution < -0.4 is 5.32 Å². The van der Waals surface area contributed by atoms with E-state index in [-0.39, 0.29) is 17.4 Å². The average molecular weight is 349 g/mol. The molecule has 0 bridgehead atoms. The van der Waals surface area contributed by atoms with Gasteiger partial charge in [0.2, 0.25) is 17.8 Å². The summed E-state index contributed by atoms with van der Waals surface area (Å²) in [5, 5.41) is 3.95. The molecule has 2 N–H and O–H groups in total. The van der Waals surface area contributed by atoms with Gasteiger partial charge < -0.3 is 14.5 Å². The van der Waals surface area contributed by atoms with Crippen LogP contribution in [0.25, 0.3) is 10.9 Å². The molecule has 2 amide bonds. The van der Waals surface area contributed by atoms with Gasteiger partial charge in [0.15, 0.2) is 0 Å². The zero-order chi connectivity index (χ0) is 17.7. The highest BCUT2D eigenvalue weighted by Crippen LogP contribution is 2.38. The Morgan fingerprint density at radius 1 is 1.27 bits per heavy atom. The van der Waals surface area contributed by atoms with E-state index >= 15 is 0 Å². The first kappa shape index (κ1) is 15.2. The van der Waals surface area contributed by atoms with E-state index in [1.54, 1.807) is 6.20 Å². The van der Waals surface area contributed by atoms with Crippen molar-refractivity contribution in [2.45, 2.75) is 24.8 Å². The van der Waals surface area contributed by atoms with E-state index in [0.29, 0.717) is 38.3 Å². The molecule has 4 heterocycles. The van der Waals surface area contributed by atoms with Crippen LogP contribution in [0.5, 0.6) is 0 Å². The summed E-state index contributed by atoms with van der Waals surface area (Å²) < 4.78 is 2.00. The summed E-state index contributed by atoms with van der Waals surface area (Å²) in [6, 6.07) is 8.12. The Morgan fingerprint density at radius 2 is 2.12 bits per heavy atom. The predicted octanol–water partition coefficient (Wildman–Crippen LogP) is 1.88. The fraction of sp³-hybridized carbons (Fsp3) is 0.316. The third kappa shape index (κ3) is 2.23. The molecule has 7 nitrogen and oxygen atoms in total. The zero-order valence-corrected chi connectivity index (χ0v) is 14.2. The summed E-state index contributed by atoms with van der Waals surface area (Å²) in [5.74, 6) is 0.676. The van der Waals surface area contributed by atoms with Crippen LogP contribution in [-0.4, -0.2) is 44.3 Å². The molecular formula is C19H19N5O2. The Bertz CT molecular complexity index is 1010. The molecule has 5 rings (SSSR count). The van der Waals surface area contributed by atoms with Gasteiger partial charge in [-0.1, -0.05) is 18.2 Å². The number of para-hydroxylation sites is 1. The molecule has 26 heavy (non-hydrogen) atoms. The van der Waals surface area contributed by atoms with Crippen LogP contribution in [0.4, 0.5) is 5.95 Å². The summed E-state index contributed by atoms with van der Waals surface area (Å²) in [5.41, 5.74) is 1.93. The number of hydrogen-bond acceptors (Lipinski definition) is 3. The van der Waals surface area contributed by atoms with Crippen molar-refractivity contribution < 1.29 is 9.59 Å². The van der Waals surface area contributed by atoms with E-state index < -0.39 is 0 Å². The second-order valence-corrected chi connectivity index (χ2v) is 7.18. The lowest BCUT2D eigenvalue weighted by Gasteiger charge is -2.52. The highest BCUT2D eigenvalue weighted by molar-refractivity contribution is 5.92. The van der Waals surface area contributed by atoms with Crippen LogP contribution in [0, 0.1) is 0 Å². The molecule has 0 unspecified atom stereocenters. The Labute approximate surface area is 150 Å². The number of nitrogens with one attached hydrogen (secondary N) is 2. The van der Waals surface area contributed by atoms with Gasteiger partial charge in [-0.2, -0.15) is 0 Å². The maximum Gasteiger partial charge on any atom is 0.229 e. The third-order valence-corrected chi connectivity index (χ3v) is 5.50. The fourth-order valence-electron chi connectivity index (χ4n) is 4.17. The van der Waals surface area contributed by atoms with Crippen LogP contribution in [0.2, 0.25) is 0 Å². The molecule has 0 saturated carbocycles. The topological polar surface area (TPSA) is 83.0 Å². The van der Waals surface area contributed by atoms with Gasteiger partial charge in [-0.05, 0) is 18.1 Å². The Balaban J connectivity index is 1.26. The molecule has 2 aromatic heterocycles. The number of imidazole rings is 1. The largest absolute Gasteiger partial charge is 0.361 e. The summed E-state index contributed by atoms with van der Waals surface area (Å²) in [7, 11) is 0. The zero-order valence-electron chi connectivity index (χ0n) is 14.2. The minimum Gasteiger partial charge on any atom is -0.361 e. The van der Waals surface area contributed by atoms with Gasteiger partial charge in [0.1, 0.15) is 0 Å². The normalized spacial score (nSPS) is 17.8. The second-order valence-electron chi connectivity index (χ2n) is 7.18. The van der Waals surface area contributed by atoms with Crippen molar-refractivity contribution in [3.63, 3.8) is 0 Å². The second kappa shape index (κ2) is 5.45. The minimum absolute atomic E-state index is 0.0328. The molecule has 0 atom stereocenters. The first-order chi connectivity index (χ1) is 12.6. The number of aromatic amines is 1. The molecule has 2 aliphatic heterocycles. The smallest absolute Gasteiger partial charge is 0.229 e. The highest BCUT2D eigenvalue weighted by atomic mass is 16.2. The lowest BCUT2D eigenvalue weighted by molar-refractivity contribution is -0.145. The number of hydrogen-bond donors (Lipinski definition) is 2. The van der Waals surface area contributed by atoms with Gasteiger partial charge >= 0.3 is 0 Å². The van der Waals surface area contributed by atoms with Crippen molar-refractivity contribution >= 4 is 28.7 Å². The van der Waals surface area contributed by atoms with E-state index in [2.05, 4.69) is 21.4 Å². The number of nitrogens with zero attached hydrogens (tertiary/aromatic N) is 3. The molecule has 132 valence electrons. The molecule has 2 aliphatic rings. The average Bonchev–Trinajstić information content (AvgIpc) is 3.23. The van der Waals surface area contributed by atoms with Crippen LogP contribution in [0.3, 0.4) is 0 Å². The van der Waals surface area contributed by atoms with Gasteiger partial charge in [-0.15, -0.1) is 0 Å². The number of amides is 2. The number of aryl methyl sites for hydroxylation is 1. The van der Waals surface area contributed by atoms with E-state index in [9.17, 15) is 9.59 Å². The molecule has 0 aliphatic carbocycles. The van der Waals surface area contributed by atoms with E-state index in [1.165, 1.54) is 5.39 Å². The summed E-state index contributed by atoms with van der Waals surface area (Å²) in [6.45, 7) is 1.13. The molecule has 0 radical (unpaired) electrons. The number of benzene rings is 1. The number of carbonyl (C=O) groups is 2. The Morgan fingerprint density at radius 3 is 3.00 bits per heavy atom. The number of fused-ring (bicyclic) bond motifs is 3. The quantitative estimate of drug-likeness (QED) is 0.757. The van der Waals surface area contributed by atoms with Gasteiger partial charge in [0.05, 0.1) is 12.0 Å². The lowest BCUT2D eigenvalue weighted by Crippen LogP contribution is -2.66. The molecular weight excluding hydrogens is 330 g/mol. The molecule has 1 saturated heterocycles. The van der Waals surface area contributed by atoms with Gasteiger partial charge in [0.25, 0.3) is 0 Å². The van der Waals surface area contributed by atoms with Crippen LogP contribution >= 0.6 is 0 Å². The monoisotopic (exact) mass is 349 g/mol. The van der Waals surface area contributed by atoms with E-state index in [1.807, 2.05) is 40.1 Å². The maximum absolute atomic E-state index is 12.6. The summed E-state index contributed by atoms with van der Waals surface area (Å²) in [4.78, 5) is 33.8. The Kier molecular flexibility index (Phi) is 3.19. The van der Waals surface area contributed by atoms with Crippen LogP contribution in [0.1, 0.15) is 18.4 Å². The van der Waals surface area contributed by atoms with Crippen LogP contribution in [-0.2, 0) is 21.5 Å². The van der Waals surface area contributed by atoms with Crippen molar-refractivity contribution in [2.24, 2.45) is 0 Å². The first-order valence-electron chi connectivity index (χ1n) is 8.81. The number of likely N-dealkylation sites (tertiary alicyclic amines) is 1. The van der Waals surface area contributed by atoms with Gasteiger partial charge in [0, 0.05) is 49.0 Å². The van der Waals surface area contributed by atoms with Crippen LogP contribution in [0.15, 0.2) is 42.9 Å². The number of rotatable bonds is 3. The predicted molar refractivity (Wildman–Crippen MR) is 96.6 cm³/mol. The van der Waals surface area contributed by atoms with Crippen molar-refractivity contribution in [3.05, 3.63) is 48.4 Å². The number of aromatic nitrogens is 3.